The van der Waals surface area contributed by atoms with Crippen molar-refractivity contribution in [1.29, 1.82) is 0 Å². The maximum Gasteiger partial charge on any atom is 0.408 e. The van der Waals surface area contributed by atoms with Crippen molar-refractivity contribution in [3.05, 3.63) is 83.7 Å². The van der Waals surface area contributed by atoms with Crippen molar-refractivity contribution in [1.82, 2.24) is 30.5 Å². The first-order valence-electron chi connectivity index (χ1n) is 12.4. The van der Waals surface area contributed by atoms with E-state index in [2.05, 4.69) is 34.8 Å². The summed E-state index contributed by atoms with van der Waals surface area (Å²) in [6, 6.07) is 17.0. The number of thioether (sulfide) groups is 1. The molecular weight excluding hydrogens is 504 g/mol. The van der Waals surface area contributed by atoms with E-state index < -0.39 is 24.1 Å². The summed E-state index contributed by atoms with van der Waals surface area (Å²) >= 11 is 1.67. The number of carbonyl (C=O) groups excluding carboxylic acids is 3. The number of β-lactam (4-membered cyclic amide) rings is 1. The summed E-state index contributed by atoms with van der Waals surface area (Å²) in [5.41, 5.74) is 2.22. The maximum absolute atomic E-state index is 13.4. The van der Waals surface area contributed by atoms with Gasteiger partial charge >= 0.3 is 6.09 Å². The molecule has 3 aromatic rings. The van der Waals surface area contributed by atoms with Crippen molar-refractivity contribution in [2.24, 2.45) is 0 Å². The first-order valence-corrected chi connectivity index (χ1v) is 13.3. The molecule has 2 fully saturated rings. The number of hydrogen-bond donors (Lipinski definition) is 2. The van der Waals surface area contributed by atoms with Crippen LogP contribution < -0.4 is 10.6 Å². The molecule has 2 aromatic carbocycles. The van der Waals surface area contributed by atoms with Crippen molar-refractivity contribution < 1.29 is 19.1 Å². The Labute approximate surface area is 225 Å². The lowest BCUT2D eigenvalue weighted by Crippen LogP contribution is -2.69. The zero-order chi connectivity index (χ0) is 26.9. The van der Waals surface area contributed by atoms with E-state index in [9.17, 15) is 14.4 Å². The van der Waals surface area contributed by atoms with Gasteiger partial charge in [-0.2, -0.15) is 0 Å². The second-order valence-electron chi connectivity index (χ2n) is 9.95. The molecule has 3 amide bonds. The number of alkyl carbamates (subject to hydrolysis) is 1. The van der Waals surface area contributed by atoms with Crippen LogP contribution in [0.25, 0.3) is 0 Å². The first-order chi connectivity index (χ1) is 18.2. The summed E-state index contributed by atoms with van der Waals surface area (Å²) in [6.45, 7) is 6.62. The molecule has 2 aliphatic rings. The number of ether oxygens (including phenoxy) is 1. The molecule has 0 aliphatic carbocycles. The van der Waals surface area contributed by atoms with Crippen LogP contribution in [0.3, 0.4) is 0 Å². The highest BCUT2D eigenvalue weighted by Crippen LogP contribution is 2.50. The second-order valence-corrected chi connectivity index (χ2v) is 11.7. The van der Waals surface area contributed by atoms with Crippen LogP contribution in [0, 0.1) is 0 Å². The van der Waals surface area contributed by atoms with E-state index in [1.165, 1.54) is 6.20 Å². The van der Waals surface area contributed by atoms with Crippen LogP contribution in [0.4, 0.5) is 4.79 Å². The Hall–Kier alpha value is -3.86. The van der Waals surface area contributed by atoms with Crippen LogP contribution in [0.1, 0.15) is 43.6 Å². The van der Waals surface area contributed by atoms with Gasteiger partial charge in [-0.25, -0.2) is 9.48 Å². The van der Waals surface area contributed by atoms with Gasteiger partial charge in [0.2, 0.25) is 11.8 Å². The van der Waals surface area contributed by atoms with Gasteiger partial charge in [0, 0.05) is 10.8 Å². The number of fused-ring (bicyclic) bond motifs is 1. The standard InChI is InChI=1S/C27H30N6O4S/c1-17-27(2,3)38-25-22(24(35)33(17)25)29-23(34)21(19-12-8-5-9-13-19)30-26(36)37-16-20-14-28-31-32(20)15-18-10-6-4-7-11-18/h4-14,17,21-22,25H,15-16H2,1-3H3,(H,29,34)(H,30,36)/t17-,21+,22+,25?/m0/s1. The molecule has 198 valence electrons. The average molecular weight is 535 g/mol. The molecule has 1 aromatic heterocycles. The average Bonchev–Trinajstić information content (AvgIpc) is 3.44. The highest BCUT2D eigenvalue weighted by Gasteiger charge is 2.60. The molecule has 1 unspecified atom stereocenters. The van der Waals surface area contributed by atoms with Gasteiger partial charge in [-0.1, -0.05) is 65.9 Å². The van der Waals surface area contributed by atoms with Gasteiger partial charge in [-0.05, 0) is 31.9 Å². The van der Waals surface area contributed by atoms with Crippen LogP contribution in [0.2, 0.25) is 0 Å². The van der Waals surface area contributed by atoms with E-state index in [0.717, 1.165) is 5.56 Å². The van der Waals surface area contributed by atoms with Gasteiger partial charge in [0.1, 0.15) is 24.1 Å². The fourth-order valence-electron chi connectivity index (χ4n) is 4.66. The van der Waals surface area contributed by atoms with E-state index >= 15 is 0 Å². The molecule has 11 heteroatoms. The molecular formula is C27H30N6O4S. The number of nitrogens with one attached hydrogen (secondary N) is 2. The molecule has 0 saturated carbocycles. The SMILES string of the molecule is C[C@@H]1N2C(=O)[C@@H](NC(=O)[C@H](NC(=O)OCc3cnnn3Cc3ccccc3)c3ccccc3)C2SC1(C)C. The molecule has 3 heterocycles. The summed E-state index contributed by atoms with van der Waals surface area (Å²) in [5, 5.41) is 13.4. The van der Waals surface area contributed by atoms with E-state index in [1.807, 2.05) is 48.2 Å². The van der Waals surface area contributed by atoms with Crippen LogP contribution in [0.5, 0.6) is 0 Å². The number of nitrogens with zero attached hydrogens (tertiary/aromatic N) is 4. The highest BCUT2D eigenvalue weighted by molar-refractivity contribution is 8.01. The fraction of sp³-hybridized carbons (Fsp3) is 0.370. The third kappa shape index (κ3) is 5.10. The lowest BCUT2D eigenvalue weighted by atomic mass is 9.97. The zero-order valence-corrected chi connectivity index (χ0v) is 22.2. The smallest absolute Gasteiger partial charge is 0.408 e. The van der Waals surface area contributed by atoms with Crippen molar-refractivity contribution >= 4 is 29.7 Å². The largest absolute Gasteiger partial charge is 0.443 e. The van der Waals surface area contributed by atoms with Gasteiger partial charge in [-0.15, -0.1) is 16.9 Å². The van der Waals surface area contributed by atoms with Crippen LogP contribution in [0.15, 0.2) is 66.9 Å². The third-order valence-electron chi connectivity index (χ3n) is 7.11. The van der Waals surface area contributed by atoms with E-state index in [4.69, 9.17) is 4.74 Å². The number of aromatic nitrogens is 3. The topological polar surface area (TPSA) is 118 Å². The summed E-state index contributed by atoms with van der Waals surface area (Å²) in [5.74, 6) is -0.581. The van der Waals surface area contributed by atoms with E-state index in [0.29, 0.717) is 17.8 Å². The molecule has 2 saturated heterocycles. The Morgan fingerprint density at radius 2 is 1.79 bits per heavy atom. The first kappa shape index (κ1) is 25.8. The normalized spacial score (nSPS) is 22.2. The molecule has 0 spiro atoms. The second kappa shape index (κ2) is 10.5. The predicted molar refractivity (Wildman–Crippen MR) is 142 cm³/mol. The van der Waals surface area contributed by atoms with Crippen molar-refractivity contribution in [2.45, 2.75) is 62.2 Å². The minimum Gasteiger partial charge on any atom is -0.443 e. The molecule has 38 heavy (non-hydrogen) atoms. The van der Waals surface area contributed by atoms with Crippen molar-refractivity contribution in [3.63, 3.8) is 0 Å². The molecule has 10 nitrogen and oxygen atoms in total. The summed E-state index contributed by atoms with van der Waals surface area (Å²) in [4.78, 5) is 40.8. The summed E-state index contributed by atoms with van der Waals surface area (Å²) in [7, 11) is 0. The fourth-order valence-corrected chi connectivity index (χ4v) is 6.32. The number of benzene rings is 2. The van der Waals surface area contributed by atoms with Gasteiger partial charge in [0.05, 0.1) is 18.4 Å². The molecule has 4 atom stereocenters. The van der Waals surface area contributed by atoms with Gasteiger partial charge in [0.25, 0.3) is 0 Å². The summed E-state index contributed by atoms with van der Waals surface area (Å²) in [6.07, 6.45) is 0.765. The lowest BCUT2D eigenvalue weighted by molar-refractivity contribution is -0.151. The Balaban J connectivity index is 1.23. The zero-order valence-electron chi connectivity index (χ0n) is 21.4. The molecule has 2 N–H and O–H groups in total. The third-order valence-corrected chi connectivity index (χ3v) is 8.80. The quantitative estimate of drug-likeness (QED) is 0.427. The van der Waals surface area contributed by atoms with E-state index in [1.54, 1.807) is 40.7 Å². The maximum atomic E-state index is 13.4. The minimum atomic E-state index is -1.03. The highest BCUT2D eigenvalue weighted by atomic mass is 32.2. The lowest BCUT2D eigenvalue weighted by Gasteiger charge is -2.44. The predicted octanol–water partition coefficient (Wildman–Crippen LogP) is 2.86. The monoisotopic (exact) mass is 534 g/mol. The van der Waals surface area contributed by atoms with Crippen LogP contribution in [-0.4, -0.2) is 60.0 Å². The number of amides is 3. The number of rotatable bonds is 8. The van der Waals surface area contributed by atoms with Gasteiger partial charge in [-0.3, -0.25) is 9.59 Å². The Morgan fingerprint density at radius 3 is 2.50 bits per heavy atom. The van der Waals surface area contributed by atoms with Gasteiger partial charge < -0.3 is 20.3 Å². The Kier molecular flexibility index (Phi) is 7.11. The molecule has 0 bridgehead atoms. The minimum absolute atomic E-state index is 0.0704. The number of carbonyl (C=O) groups is 3. The molecule has 5 rings (SSSR count). The summed E-state index contributed by atoms with van der Waals surface area (Å²) < 4.78 is 6.98. The Bertz CT molecular complexity index is 1320. The van der Waals surface area contributed by atoms with Crippen molar-refractivity contribution in [3.8, 4) is 0 Å². The van der Waals surface area contributed by atoms with Crippen molar-refractivity contribution in [2.75, 3.05) is 0 Å². The molecule has 0 radical (unpaired) electrons. The van der Waals surface area contributed by atoms with Gasteiger partial charge in [0.15, 0.2) is 0 Å². The van der Waals surface area contributed by atoms with Crippen LogP contribution in [-0.2, 0) is 27.5 Å². The molecule has 2 aliphatic heterocycles. The Morgan fingerprint density at radius 1 is 1.11 bits per heavy atom. The number of hydrogen-bond acceptors (Lipinski definition) is 7. The van der Waals surface area contributed by atoms with E-state index in [-0.39, 0.29) is 28.7 Å². The van der Waals surface area contributed by atoms with Crippen LogP contribution >= 0.6 is 11.8 Å².